The molecular weight excluding hydrogens is 346 g/mol. The molecule has 0 atom stereocenters. The normalized spacial score (nSPS) is 10.9. The Morgan fingerprint density at radius 3 is 2.74 bits per heavy atom. The predicted molar refractivity (Wildman–Crippen MR) is 81.9 cm³/mol. The first-order valence-corrected chi connectivity index (χ1v) is 8.02. The SMILES string of the molecule is COc1cc(C)nc(NC(=O)NS(=O)(=O)c2ncccc2Cl)n1. The summed E-state index contributed by atoms with van der Waals surface area (Å²) < 4.78 is 30.8. The van der Waals surface area contributed by atoms with Crippen molar-refractivity contribution < 1.29 is 17.9 Å². The second-order valence-electron chi connectivity index (χ2n) is 4.23. The van der Waals surface area contributed by atoms with Crippen LogP contribution in [0.3, 0.4) is 0 Å². The standard InChI is InChI=1S/C12H12ClN5O4S/c1-7-6-9(22-2)16-11(15-7)17-12(19)18-23(20,21)10-8(13)4-3-5-14-10/h3-6H,1-2H3,(H2,15,16,17,18,19). The lowest BCUT2D eigenvalue weighted by molar-refractivity contribution is 0.256. The van der Waals surface area contributed by atoms with Crippen LogP contribution in [0.4, 0.5) is 10.7 Å². The van der Waals surface area contributed by atoms with Crippen LogP contribution in [-0.4, -0.2) is 36.5 Å². The van der Waals surface area contributed by atoms with Crippen LogP contribution in [0.1, 0.15) is 5.69 Å². The van der Waals surface area contributed by atoms with Gasteiger partial charge in [-0.3, -0.25) is 5.32 Å². The number of hydrogen-bond acceptors (Lipinski definition) is 7. The number of hydrogen-bond donors (Lipinski definition) is 2. The molecule has 0 bridgehead atoms. The van der Waals surface area contributed by atoms with E-state index >= 15 is 0 Å². The molecular formula is C12H12ClN5O4S. The van der Waals surface area contributed by atoms with E-state index in [2.05, 4.69) is 20.3 Å². The van der Waals surface area contributed by atoms with E-state index in [1.54, 1.807) is 17.7 Å². The summed E-state index contributed by atoms with van der Waals surface area (Å²) in [6.45, 7) is 1.66. The van der Waals surface area contributed by atoms with E-state index in [9.17, 15) is 13.2 Å². The van der Waals surface area contributed by atoms with Gasteiger partial charge in [0, 0.05) is 18.0 Å². The molecule has 2 heterocycles. The summed E-state index contributed by atoms with van der Waals surface area (Å²) in [6, 6.07) is 3.30. The maximum atomic E-state index is 12.1. The summed E-state index contributed by atoms with van der Waals surface area (Å²) in [5.41, 5.74) is 0.530. The van der Waals surface area contributed by atoms with Gasteiger partial charge in [-0.15, -0.1) is 0 Å². The first kappa shape index (κ1) is 16.9. The second-order valence-corrected chi connectivity index (χ2v) is 6.23. The van der Waals surface area contributed by atoms with Crippen molar-refractivity contribution in [3.05, 3.63) is 35.1 Å². The van der Waals surface area contributed by atoms with Crippen LogP contribution in [0, 0.1) is 6.92 Å². The third-order valence-corrected chi connectivity index (χ3v) is 4.18. The molecule has 122 valence electrons. The summed E-state index contributed by atoms with van der Waals surface area (Å²) in [4.78, 5) is 23.3. The monoisotopic (exact) mass is 357 g/mol. The molecule has 0 saturated heterocycles. The van der Waals surface area contributed by atoms with E-state index < -0.39 is 21.1 Å². The number of carbonyl (C=O) groups is 1. The molecule has 0 aliphatic heterocycles. The fraction of sp³-hybridized carbons (Fsp3) is 0.167. The number of halogens is 1. The van der Waals surface area contributed by atoms with Gasteiger partial charge in [-0.05, 0) is 19.1 Å². The average molecular weight is 358 g/mol. The molecule has 2 rings (SSSR count). The van der Waals surface area contributed by atoms with Crippen molar-refractivity contribution in [2.75, 3.05) is 12.4 Å². The van der Waals surface area contributed by atoms with Gasteiger partial charge in [-0.1, -0.05) is 11.6 Å². The molecule has 2 amide bonds. The summed E-state index contributed by atoms with van der Waals surface area (Å²) in [7, 11) is -2.83. The lowest BCUT2D eigenvalue weighted by atomic mass is 10.4. The van der Waals surface area contributed by atoms with E-state index in [1.807, 2.05) is 0 Å². The minimum Gasteiger partial charge on any atom is -0.481 e. The van der Waals surface area contributed by atoms with Gasteiger partial charge in [-0.2, -0.15) is 13.4 Å². The van der Waals surface area contributed by atoms with Gasteiger partial charge >= 0.3 is 6.03 Å². The number of ether oxygens (including phenoxy) is 1. The highest BCUT2D eigenvalue weighted by Gasteiger charge is 2.22. The molecule has 0 spiro atoms. The molecule has 0 aromatic carbocycles. The van der Waals surface area contributed by atoms with Crippen LogP contribution in [-0.2, 0) is 10.0 Å². The topological polar surface area (TPSA) is 123 Å². The molecule has 0 unspecified atom stereocenters. The van der Waals surface area contributed by atoms with Crippen LogP contribution < -0.4 is 14.8 Å². The zero-order valence-electron chi connectivity index (χ0n) is 12.1. The molecule has 0 aliphatic carbocycles. The van der Waals surface area contributed by atoms with E-state index in [1.165, 1.54) is 25.4 Å². The van der Waals surface area contributed by atoms with Crippen molar-refractivity contribution in [3.8, 4) is 5.88 Å². The van der Waals surface area contributed by atoms with Crippen molar-refractivity contribution in [1.82, 2.24) is 19.7 Å². The first-order valence-electron chi connectivity index (χ1n) is 6.16. The number of urea groups is 1. The fourth-order valence-electron chi connectivity index (χ4n) is 1.57. The second kappa shape index (κ2) is 6.75. The Bertz CT molecular complexity index is 843. The van der Waals surface area contributed by atoms with Crippen molar-refractivity contribution >= 4 is 33.6 Å². The minimum atomic E-state index is -4.23. The van der Waals surface area contributed by atoms with E-state index in [0.717, 1.165) is 0 Å². The number of carbonyl (C=O) groups excluding carboxylic acids is 1. The highest BCUT2D eigenvalue weighted by Crippen LogP contribution is 2.17. The van der Waals surface area contributed by atoms with Crippen molar-refractivity contribution in [2.24, 2.45) is 0 Å². The Kier molecular flexibility index (Phi) is 4.96. The third-order valence-electron chi connectivity index (χ3n) is 2.47. The lowest BCUT2D eigenvalue weighted by Crippen LogP contribution is -2.35. The summed E-state index contributed by atoms with van der Waals surface area (Å²) >= 11 is 5.76. The van der Waals surface area contributed by atoms with Gasteiger partial charge in [0.15, 0.2) is 5.03 Å². The van der Waals surface area contributed by atoms with Gasteiger partial charge in [0.25, 0.3) is 10.0 Å². The number of methoxy groups -OCH3 is 1. The van der Waals surface area contributed by atoms with E-state index in [0.29, 0.717) is 5.69 Å². The van der Waals surface area contributed by atoms with Crippen LogP contribution >= 0.6 is 11.6 Å². The number of nitrogens with one attached hydrogen (secondary N) is 2. The Balaban J connectivity index is 2.16. The smallest absolute Gasteiger partial charge is 0.335 e. The van der Waals surface area contributed by atoms with Gasteiger partial charge < -0.3 is 4.74 Å². The number of sulfonamides is 1. The van der Waals surface area contributed by atoms with Gasteiger partial charge in [-0.25, -0.2) is 19.5 Å². The molecule has 2 aromatic heterocycles. The van der Waals surface area contributed by atoms with Gasteiger partial charge in [0.2, 0.25) is 11.8 Å². The maximum Gasteiger partial charge on any atom is 0.335 e. The molecule has 2 aromatic rings. The fourth-order valence-corrected chi connectivity index (χ4v) is 2.91. The van der Waals surface area contributed by atoms with E-state index in [-0.39, 0.29) is 16.9 Å². The molecule has 0 fully saturated rings. The Labute approximate surface area is 137 Å². The molecule has 11 heteroatoms. The van der Waals surface area contributed by atoms with Crippen LogP contribution in [0.5, 0.6) is 5.88 Å². The first-order chi connectivity index (χ1) is 10.8. The Morgan fingerprint density at radius 1 is 1.35 bits per heavy atom. The van der Waals surface area contributed by atoms with Crippen LogP contribution in [0.2, 0.25) is 5.02 Å². The van der Waals surface area contributed by atoms with Crippen LogP contribution in [0.15, 0.2) is 29.4 Å². The number of aryl methyl sites for hydroxylation is 1. The number of amides is 2. The third kappa shape index (κ3) is 4.27. The Hall–Kier alpha value is -2.46. The number of anilines is 1. The van der Waals surface area contributed by atoms with Gasteiger partial charge in [0.05, 0.1) is 12.1 Å². The van der Waals surface area contributed by atoms with Crippen LogP contribution in [0.25, 0.3) is 0 Å². The van der Waals surface area contributed by atoms with Crippen molar-refractivity contribution in [3.63, 3.8) is 0 Å². The molecule has 0 radical (unpaired) electrons. The molecule has 0 saturated carbocycles. The molecule has 23 heavy (non-hydrogen) atoms. The van der Waals surface area contributed by atoms with Crippen molar-refractivity contribution in [2.45, 2.75) is 11.9 Å². The number of pyridine rings is 1. The van der Waals surface area contributed by atoms with E-state index in [4.69, 9.17) is 16.3 Å². The molecule has 2 N–H and O–H groups in total. The number of aromatic nitrogens is 3. The quantitative estimate of drug-likeness (QED) is 0.846. The van der Waals surface area contributed by atoms with Gasteiger partial charge in [0.1, 0.15) is 0 Å². The Morgan fingerprint density at radius 2 is 2.09 bits per heavy atom. The predicted octanol–water partition coefficient (Wildman–Crippen LogP) is 1.35. The highest BCUT2D eigenvalue weighted by molar-refractivity contribution is 7.90. The molecule has 0 aliphatic rings. The number of nitrogens with zero attached hydrogens (tertiary/aromatic N) is 3. The van der Waals surface area contributed by atoms with Crippen molar-refractivity contribution in [1.29, 1.82) is 0 Å². The highest BCUT2D eigenvalue weighted by atomic mass is 35.5. The number of rotatable bonds is 4. The zero-order valence-corrected chi connectivity index (χ0v) is 13.6. The largest absolute Gasteiger partial charge is 0.481 e. The summed E-state index contributed by atoms with van der Waals surface area (Å²) in [6.07, 6.45) is 1.24. The summed E-state index contributed by atoms with van der Waals surface area (Å²) in [5.74, 6) is 0.116. The average Bonchev–Trinajstić information content (AvgIpc) is 2.46. The summed E-state index contributed by atoms with van der Waals surface area (Å²) in [5, 5.41) is 1.63. The molecule has 9 nitrogen and oxygen atoms in total. The zero-order chi connectivity index (χ0) is 17.0. The maximum absolute atomic E-state index is 12.1. The minimum absolute atomic E-state index is 0.110. The lowest BCUT2D eigenvalue weighted by Gasteiger charge is -2.09.